The van der Waals surface area contributed by atoms with Crippen LogP contribution in [0.2, 0.25) is 0 Å². The number of hydrogen-bond acceptors (Lipinski definition) is 4. The molecule has 1 aromatic carbocycles. The summed E-state index contributed by atoms with van der Waals surface area (Å²) in [6.07, 6.45) is 8.21. The molecule has 4 nitrogen and oxygen atoms in total. The smallest absolute Gasteiger partial charge is 0.312 e. The van der Waals surface area contributed by atoms with Crippen LogP contribution in [0.1, 0.15) is 77.2 Å². The molecular weight excluding hydrogens is 412 g/mol. The number of aryl methyl sites for hydroxylation is 1. The van der Waals surface area contributed by atoms with Gasteiger partial charge in [-0.3, -0.25) is 9.59 Å². The van der Waals surface area contributed by atoms with Crippen molar-refractivity contribution < 1.29 is 19.4 Å². The Balaban J connectivity index is 1.32. The van der Waals surface area contributed by atoms with E-state index in [1.807, 2.05) is 18.2 Å². The van der Waals surface area contributed by atoms with Crippen LogP contribution < -0.4 is 0 Å². The molecule has 1 aromatic rings. The van der Waals surface area contributed by atoms with Crippen LogP contribution in [-0.2, 0) is 20.7 Å². The number of Topliss-reactive ketones (excluding diaryl/α,β-unsaturated/α-hetero) is 1. The number of esters is 1. The van der Waals surface area contributed by atoms with Crippen LogP contribution in [0.3, 0.4) is 0 Å². The second-order valence-corrected chi connectivity index (χ2v) is 11.9. The number of ether oxygens (including phenoxy) is 1. The molecule has 0 amide bonds. The normalized spacial score (nSPS) is 41.9. The number of rotatable bonds is 5. The van der Waals surface area contributed by atoms with Gasteiger partial charge >= 0.3 is 5.97 Å². The van der Waals surface area contributed by atoms with E-state index >= 15 is 0 Å². The summed E-state index contributed by atoms with van der Waals surface area (Å²) in [7, 11) is 0. The van der Waals surface area contributed by atoms with E-state index in [4.69, 9.17) is 4.74 Å². The van der Waals surface area contributed by atoms with E-state index < -0.39 is 16.4 Å². The highest BCUT2D eigenvalue weighted by Crippen LogP contribution is 2.71. The SMILES string of the molecule is C=C1C(=O)[C@@]23CC[C@H]4[C@@](C)(CCC[C@@]4(C)C(=O)OCCCc4ccccc4)[C@@H]2CC[C@]1(O)C3. The Bertz CT molecular complexity index is 969. The topological polar surface area (TPSA) is 63.6 Å². The zero-order chi connectivity index (χ0) is 23.5. The molecule has 1 N–H and O–H groups in total. The predicted octanol–water partition coefficient (Wildman–Crippen LogP) is 5.43. The lowest BCUT2D eigenvalue weighted by Crippen LogP contribution is -2.60. The summed E-state index contributed by atoms with van der Waals surface area (Å²) in [5, 5.41) is 11.1. The van der Waals surface area contributed by atoms with Crippen LogP contribution in [0, 0.1) is 28.1 Å². The van der Waals surface area contributed by atoms with Crippen molar-refractivity contribution in [3.05, 3.63) is 48.0 Å². The molecule has 33 heavy (non-hydrogen) atoms. The fourth-order valence-electron chi connectivity index (χ4n) is 8.61. The van der Waals surface area contributed by atoms with Crippen molar-refractivity contribution in [1.29, 1.82) is 0 Å². The minimum absolute atomic E-state index is 0.0584. The van der Waals surface area contributed by atoms with E-state index in [1.54, 1.807) is 0 Å². The molecule has 2 bridgehead atoms. The quantitative estimate of drug-likeness (QED) is 0.369. The Morgan fingerprint density at radius 2 is 1.82 bits per heavy atom. The molecule has 0 saturated heterocycles. The summed E-state index contributed by atoms with van der Waals surface area (Å²) in [5.41, 5.74) is -0.380. The lowest BCUT2D eigenvalue weighted by Gasteiger charge is -2.63. The molecule has 4 aliphatic rings. The first-order valence-electron chi connectivity index (χ1n) is 12.8. The molecule has 178 valence electrons. The average Bonchev–Trinajstić information content (AvgIpc) is 2.93. The number of carbonyl (C=O) groups is 2. The minimum Gasteiger partial charge on any atom is -0.465 e. The first kappa shape index (κ1) is 22.8. The van der Waals surface area contributed by atoms with Crippen molar-refractivity contribution in [3.8, 4) is 0 Å². The van der Waals surface area contributed by atoms with Crippen molar-refractivity contribution in [3.63, 3.8) is 0 Å². The van der Waals surface area contributed by atoms with Crippen LogP contribution in [0.25, 0.3) is 0 Å². The zero-order valence-electron chi connectivity index (χ0n) is 20.2. The van der Waals surface area contributed by atoms with Gasteiger partial charge in [0.25, 0.3) is 0 Å². The fraction of sp³-hybridized carbons (Fsp3) is 0.655. The molecule has 4 fully saturated rings. The summed E-state index contributed by atoms with van der Waals surface area (Å²) >= 11 is 0. The summed E-state index contributed by atoms with van der Waals surface area (Å²) in [6.45, 7) is 8.89. The van der Waals surface area contributed by atoms with Gasteiger partial charge in [-0.2, -0.15) is 0 Å². The maximum absolute atomic E-state index is 13.5. The number of hydrogen-bond donors (Lipinski definition) is 1. The predicted molar refractivity (Wildman–Crippen MR) is 127 cm³/mol. The van der Waals surface area contributed by atoms with Gasteiger partial charge in [-0.15, -0.1) is 0 Å². The van der Waals surface area contributed by atoms with Gasteiger partial charge in [0, 0.05) is 11.0 Å². The fourth-order valence-corrected chi connectivity index (χ4v) is 8.61. The maximum atomic E-state index is 13.5. The summed E-state index contributed by atoms with van der Waals surface area (Å²) in [6, 6.07) is 10.3. The van der Waals surface area contributed by atoms with Gasteiger partial charge in [0.2, 0.25) is 0 Å². The second-order valence-electron chi connectivity index (χ2n) is 11.9. The van der Waals surface area contributed by atoms with Crippen molar-refractivity contribution in [2.75, 3.05) is 6.61 Å². The standard InChI is InChI=1S/C29H38O4/c1-20-24(30)28-16-12-22-26(2,23(28)13-17-29(20,32)19-28)14-8-15-27(22,3)25(31)33-18-7-11-21-9-5-4-6-10-21/h4-6,9-10,22-23,32H,1,7-8,11-19H2,2-3H3/t22-,23-,26+,27+,28+,29-/m0/s1. The van der Waals surface area contributed by atoms with E-state index in [-0.39, 0.29) is 29.0 Å². The van der Waals surface area contributed by atoms with Gasteiger partial charge in [-0.25, -0.2) is 0 Å². The third-order valence-corrected chi connectivity index (χ3v) is 10.2. The minimum atomic E-state index is -1.01. The van der Waals surface area contributed by atoms with Gasteiger partial charge in [-0.1, -0.05) is 50.3 Å². The first-order chi connectivity index (χ1) is 15.7. The number of benzene rings is 1. The molecule has 0 unspecified atom stereocenters. The average molecular weight is 451 g/mol. The Labute approximate surface area is 197 Å². The zero-order valence-corrected chi connectivity index (χ0v) is 20.2. The summed E-state index contributed by atoms with van der Waals surface area (Å²) in [5.74, 6) is 0.463. The molecule has 0 aromatic heterocycles. The molecule has 0 aliphatic heterocycles. The molecule has 4 aliphatic carbocycles. The lowest BCUT2D eigenvalue weighted by atomic mass is 9.40. The largest absolute Gasteiger partial charge is 0.465 e. The molecule has 4 saturated carbocycles. The number of carbonyl (C=O) groups excluding carboxylic acids is 2. The van der Waals surface area contributed by atoms with E-state index in [0.29, 0.717) is 25.0 Å². The van der Waals surface area contributed by atoms with Crippen molar-refractivity contribution >= 4 is 11.8 Å². The molecular formula is C29H38O4. The molecule has 1 spiro atoms. The molecule has 0 radical (unpaired) electrons. The second kappa shape index (κ2) is 7.80. The first-order valence-corrected chi connectivity index (χ1v) is 12.8. The van der Waals surface area contributed by atoms with Crippen LogP contribution in [0.4, 0.5) is 0 Å². The lowest BCUT2D eigenvalue weighted by molar-refractivity contribution is -0.191. The molecule has 4 heteroatoms. The van der Waals surface area contributed by atoms with Crippen LogP contribution in [-0.4, -0.2) is 29.1 Å². The van der Waals surface area contributed by atoms with Crippen LogP contribution >= 0.6 is 0 Å². The van der Waals surface area contributed by atoms with E-state index in [0.717, 1.165) is 51.4 Å². The third kappa shape index (κ3) is 3.27. The van der Waals surface area contributed by atoms with Gasteiger partial charge in [0.1, 0.15) is 0 Å². The van der Waals surface area contributed by atoms with E-state index in [9.17, 15) is 14.7 Å². The van der Waals surface area contributed by atoms with Crippen molar-refractivity contribution in [2.24, 2.45) is 28.1 Å². The van der Waals surface area contributed by atoms with E-state index in [2.05, 4.69) is 32.6 Å². The number of fused-ring (bicyclic) bond motifs is 3. The van der Waals surface area contributed by atoms with Gasteiger partial charge in [0.05, 0.1) is 17.6 Å². The molecule has 6 atom stereocenters. The molecule has 5 rings (SSSR count). The molecule has 0 heterocycles. The Morgan fingerprint density at radius 3 is 2.58 bits per heavy atom. The van der Waals surface area contributed by atoms with E-state index in [1.165, 1.54) is 5.56 Å². The highest BCUT2D eigenvalue weighted by Gasteiger charge is 2.71. The highest BCUT2D eigenvalue weighted by molar-refractivity contribution is 6.04. The number of aliphatic hydroxyl groups is 1. The van der Waals surface area contributed by atoms with Crippen molar-refractivity contribution in [2.45, 2.75) is 83.7 Å². The maximum Gasteiger partial charge on any atom is 0.312 e. The monoisotopic (exact) mass is 450 g/mol. The van der Waals surface area contributed by atoms with Crippen LogP contribution in [0.5, 0.6) is 0 Å². The highest BCUT2D eigenvalue weighted by atomic mass is 16.5. The Kier molecular flexibility index (Phi) is 5.39. The summed E-state index contributed by atoms with van der Waals surface area (Å²) < 4.78 is 5.89. The van der Waals surface area contributed by atoms with Crippen LogP contribution in [0.15, 0.2) is 42.5 Å². The third-order valence-electron chi connectivity index (χ3n) is 10.2. The Hall–Kier alpha value is -1.94. The van der Waals surface area contributed by atoms with Gasteiger partial charge in [0.15, 0.2) is 5.78 Å². The van der Waals surface area contributed by atoms with Crippen molar-refractivity contribution in [1.82, 2.24) is 0 Å². The number of ketones is 1. The Morgan fingerprint density at radius 1 is 1.09 bits per heavy atom. The van der Waals surface area contributed by atoms with Gasteiger partial charge in [-0.05, 0) is 87.5 Å². The van der Waals surface area contributed by atoms with Gasteiger partial charge < -0.3 is 9.84 Å². The summed E-state index contributed by atoms with van der Waals surface area (Å²) in [4.78, 5) is 26.9.